The van der Waals surface area contributed by atoms with Crippen molar-refractivity contribution in [3.05, 3.63) is 47.4 Å². The molecule has 1 N–H and O–H groups in total. The number of benzene rings is 1. The number of aliphatic hydroxyl groups excluding tert-OH is 1. The summed E-state index contributed by atoms with van der Waals surface area (Å²) in [5, 5.41) is 10.4. The van der Waals surface area contributed by atoms with E-state index in [0.717, 1.165) is 43.9 Å². The van der Waals surface area contributed by atoms with Gasteiger partial charge in [-0.25, -0.2) is 4.98 Å². The van der Waals surface area contributed by atoms with E-state index in [-0.39, 0.29) is 12.0 Å². The van der Waals surface area contributed by atoms with Crippen molar-refractivity contribution in [2.45, 2.75) is 19.3 Å². The summed E-state index contributed by atoms with van der Waals surface area (Å²) in [6.07, 6.45) is 5.95. The highest BCUT2D eigenvalue weighted by Crippen LogP contribution is 2.36. The molecule has 0 aliphatic carbocycles. The lowest BCUT2D eigenvalue weighted by Gasteiger charge is -2.41. The molecule has 0 spiro atoms. The van der Waals surface area contributed by atoms with Gasteiger partial charge in [-0.3, -0.25) is 4.98 Å². The lowest BCUT2D eigenvalue weighted by atomic mass is 9.74. The van der Waals surface area contributed by atoms with E-state index in [4.69, 9.17) is 16.3 Å². The largest absolute Gasteiger partial charge is 0.497 e. The molecule has 1 fully saturated rings. The fourth-order valence-electron chi connectivity index (χ4n) is 3.26. The van der Waals surface area contributed by atoms with Gasteiger partial charge >= 0.3 is 0 Å². The predicted octanol–water partition coefficient (Wildman–Crippen LogP) is 2.96. The molecule has 1 aliphatic rings. The molecule has 0 radical (unpaired) electrons. The fraction of sp³-hybridized carbons (Fsp3) is 0.444. The zero-order valence-electron chi connectivity index (χ0n) is 13.8. The Bertz CT molecular complexity index is 670. The summed E-state index contributed by atoms with van der Waals surface area (Å²) >= 11 is 5.93. The van der Waals surface area contributed by atoms with Gasteiger partial charge in [0.1, 0.15) is 16.7 Å². The number of halogens is 1. The van der Waals surface area contributed by atoms with Crippen molar-refractivity contribution in [3.8, 4) is 5.75 Å². The number of anilines is 1. The second-order valence-corrected chi connectivity index (χ2v) is 6.76. The molecule has 0 saturated carbocycles. The highest BCUT2D eigenvalue weighted by molar-refractivity contribution is 6.29. The van der Waals surface area contributed by atoms with E-state index < -0.39 is 0 Å². The van der Waals surface area contributed by atoms with Crippen LogP contribution in [-0.4, -0.2) is 41.9 Å². The summed E-state index contributed by atoms with van der Waals surface area (Å²) in [5.74, 6) is 1.66. The van der Waals surface area contributed by atoms with Crippen LogP contribution < -0.4 is 9.64 Å². The molecule has 2 heterocycles. The van der Waals surface area contributed by atoms with E-state index in [9.17, 15) is 5.11 Å². The van der Waals surface area contributed by atoms with Crippen LogP contribution in [0.1, 0.15) is 18.4 Å². The monoisotopic (exact) mass is 347 g/mol. The third-order valence-corrected chi connectivity index (χ3v) is 5.00. The van der Waals surface area contributed by atoms with Gasteiger partial charge < -0.3 is 14.7 Å². The number of ether oxygens (including phenoxy) is 1. The van der Waals surface area contributed by atoms with Gasteiger partial charge in [-0.05, 0) is 37.0 Å². The van der Waals surface area contributed by atoms with Crippen molar-refractivity contribution >= 4 is 17.4 Å². The first-order valence-electron chi connectivity index (χ1n) is 8.10. The van der Waals surface area contributed by atoms with Gasteiger partial charge in [0.2, 0.25) is 0 Å². The van der Waals surface area contributed by atoms with Gasteiger partial charge in [0.25, 0.3) is 0 Å². The van der Waals surface area contributed by atoms with E-state index in [1.54, 1.807) is 13.3 Å². The Kier molecular flexibility index (Phi) is 5.21. The minimum absolute atomic E-state index is 0.0862. The number of nitrogens with zero attached hydrogens (tertiary/aromatic N) is 3. The molecule has 5 nitrogen and oxygen atoms in total. The van der Waals surface area contributed by atoms with E-state index in [1.807, 2.05) is 12.1 Å². The Balaban J connectivity index is 1.67. The van der Waals surface area contributed by atoms with Gasteiger partial charge in [-0.15, -0.1) is 0 Å². The highest BCUT2D eigenvalue weighted by atomic mass is 35.5. The van der Waals surface area contributed by atoms with Crippen LogP contribution in [0, 0.1) is 5.41 Å². The van der Waals surface area contributed by atoms with Crippen LogP contribution in [0.3, 0.4) is 0 Å². The summed E-state index contributed by atoms with van der Waals surface area (Å²) in [6, 6.07) is 8.09. The zero-order valence-corrected chi connectivity index (χ0v) is 14.5. The number of aliphatic hydroxyl groups is 1. The average molecular weight is 348 g/mol. The predicted molar refractivity (Wildman–Crippen MR) is 94.7 cm³/mol. The quantitative estimate of drug-likeness (QED) is 0.901. The minimum Gasteiger partial charge on any atom is -0.497 e. The number of hydrogen-bond donors (Lipinski definition) is 1. The molecule has 24 heavy (non-hydrogen) atoms. The Morgan fingerprint density at radius 1 is 1.21 bits per heavy atom. The minimum atomic E-state index is -0.0862. The molecule has 1 aromatic heterocycles. The molecule has 128 valence electrons. The van der Waals surface area contributed by atoms with Crippen molar-refractivity contribution in [1.82, 2.24) is 9.97 Å². The summed E-state index contributed by atoms with van der Waals surface area (Å²) in [4.78, 5) is 10.6. The molecule has 1 aliphatic heterocycles. The van der Waals surface area contributed by atoms with Crippen molar-refractivity contribution in [1.29, 1.82) is 0 Å². The van der Waals surface area contributed by atoms with Crippen LogP contribution in [0.2, 0.25) is 5.15 Å². The van der Waals surface area contributed by atoms with Crippen LogP contribution in [0.15, 0.2) is 36.7 Å². The maximum Gasteiger partial charge on any atom is 0.149 e. The van der Waals surface area contributed by atoms with Crippen LogP contribution in [-0.2, 0) is 6.42 Å². The third kappa shape index (κ3) is 3.79. The number of hydrogen-bond acceptors (Lipinski definition) is 5. The molecule has 0 unspecified atom stereocenters. The number of aromatic nitrogens is 2. The Morgan fingerprint density at radius 2 is 1.92 bits per heavy atom. The molecular formula is C18H22ClN3O2. The zero-order chi connectivity index (χ0) is 17.0. The topological polar surface area (TPSA) is 58.5 Å². The fourth-order valence-corrected chi connectivity index (χ4v) is 3.41. The Morgan fingerprint density at radius 3 is 2.50 bits per heavy atom. The summed E-state index contributed by atoms with van der Waals surface area (Å²) in [6.45, 7) is 1.87. The SMILES string of the molecule is COc1ccc(CC2(CO)CCN(c3cncc(Cl)n3)CC2)cc1. The molecule has 6 heteroatoms. The van der Waals surface area contributed by atoms with Gasteiger partial charge in [-0.1, -0.05) is 23.7 Å². The summed E-state index contributed by atoms with van der Waals surface area (Å²) in [5.41, 5.74) is 1.14. The number of methoxy groups -OCH3 is 1. The number of rotatable bonds is 5. The van der Waals surface area contributed by atoms with Gasteiger partial charge in [0, 0.05) is 25.1 Å². The molecule has 3 rings (SSSR count). The van der Waals surface area contributed by atoms with Crippen LogP contribution >= 0.6 is 11.6 Å². The second-order valence-electron chi connectivity index (χ2n) is 6.37. The standard InChI is InChI=1S/C18H22ClN3O2/c1-24-15-4-2-14(3-5-15)10-18(13-23)6-8-22(9-7-18)17-12-20-11-16(19)21-17/h2-5,11-12,23H,6-10,13H2,1H3. The molecular weight excluding hydrogens is 326 g/mol. The normalized spacial score (nSPS) is 16.9. The third-order valence-electron chi connectivity index (χ3n) is 4.81. The van der Waals surface area contributed by atoms with Crippen molar-refractivity contribution in [2.24, 2.45) is 5.41 Å². The smallest absolute Gasteiger partial charge is 0.149 e. The lowest BCUT2D eigenvalue weighted by Crippen LogP contribution is -2.43. The van der Waals surface area contributed by atoms with Gasteiger partial charge in [0.15, 0.2) is 0 Å². The van der Waals surface area contributed by atoms with Crippen LogP contribution in [0.4, 0.5) is 5.82 Å². The molecule has 0 amide bonds. The molecule has 1 aromatic carbocycles. The highest BCUT2D eigenvalue weighted by Gasteiger charge is 2.34. The average Bonchev–Trinajstić information content (AvgIpc) is 2.63. The second kappa shape index (κ2) is 7.36. The summed E-state index contributed by atoms with van der Waals surface area (Å²) in [7, 11) is 1.67. The van der Waals surface area contributed by atoms with Gasteiger partial charge in [0.05, 0.1) is 19.5 Å². The van der Waals surface area contributed by atoms with E-state index >= 15 is 0 Å². The number of piperidine rings is 1. The van der Waals surface area contributed by atoms with Crippen molar-refractivity contribution in [3.63, 3.8) is 0 Å². The van der Waals surface area contributed by atoms with E-state index in [1.165, 1.54) is 11.8 Å². The Labute approximate surface area is 147 Å². The lowest BCUT2D eigenvalue weighted by molar-refractivity contribution is 0.0961. The van der Waals surface area contributed by atoms with E-state index in [0.29, 0.717) is 5.15 Å². The summed E-state index contributed by atoms with van der Waals surface area (Å²) < 4.78 is 5.20. The first kappa shape index (κ1) is 17.0. The van der Waals surface area contributed by atoms with Crippen LogP contribution in [0.25, 0.3) is 0 Å². The Hall–Kier alpha value is -1.85. The molecule has 2 aromatic rings. The maximum atomic E-state index is 10.0. The first-order chi connectivity index (χ1) is 11.6. The molecule has 0 atom stereocenters. The van der Waals surface area contributed by atoms with Crippen LogP contribution in [0.5, 0.6) is 5.75 Å². The first-order valence-corrected chi connectivity index (χ1v) is 8.48. The molecule has 1 saturated heterocycles. The van der Waals surface area contributed by atoms with E-state index in [2.05, 4.69) is 27.0 Å². The van der Waals surface area contributed by atoms with Gasteiger partial charge in [-0.2, -0.15) is 0 Å². The molecule has 0 bridgehead atoms. The van der Waals surface area contributed by atoms with Crippen molar-refractivity contribution < 1.29 is 9.84 Å². The van der Waals surface area contributed by atoms with Crippen molar-refractivity contribution in [2.75, 3.05) is 31.7 Å². The maximum absolute atomic E-state index is 10.0.